The van der Waals surface area contributed by atoms with Crippen LogP contribution in [0.1, 0.15) is 17.2 Å². The van der Waals surface area contributed by atoms with Crippen molar-refractivity contribution in [3.05, 3.63) is 23.8 Å². The second-order valence-corrected chi connectivity index (χ2v) is 2.38. The Balaban J connectivity index is 3.33. The molecule has 0 unspecified atom stereocenters. The highest BCUT2D eigenvalue weighted by atomic mass is 15.1. The van der Waals surface area contributed by atoms with Gasteiger partial charge in [0.25, 0.3) is 0 Å². The zero-order chi connectivity index (χ0) is 7.72. The third kappa shape index (κ3) is 0.856. The summed E-state index contributed by atoms with van der Waals surface area (Å²) in [5.41, 5.74) is 2.25. The summed E-state index contributed by atoms with van der Waals surface area (Å²) in [4.78, 5) is 4.27. The molecule has 1 heterocycles. The lowest BCUT2D eigenvalue weighted by Crippen LogP contribution is -1.90. The van der Waals surface area contributed by atoms with Crippen LogP contribution in [-0.4, -0.2) is 9.55 Å². The molecule has 10 heavy (non-hydrogen) atoms. The van der Waals surface area contributed by atoms with Gasteiger partial charge in [0.2, 0.25) is 0 Å². The van der Waals surface area contributed by atoms with Crippen LogP contribution < -0.4 is 0 Å². The van der Waals surface area contributed by atoms with Crippen molar-refractivity contribution < 1.29 is 0 Å². The van der Waals surface area contributed by atoms with E-state index < -0.39 is 0 Å². The number of hydrogen-bond acceptors (Lipinski definition) is 1. The average Bonchev–Trinajstić information content (AvgIpc) is 2.09. The molecule has 0 saturated carbocycles. The first-order valence-electron chi connectivity index (χ1n) is 3.31. The van der Waals surface area contributed by atoms with E-state index in [2.05, 4.69) is 11.6 Å². The van der Waals surface area contributed by atoms with E-state index in [4.69, 9.17) is 0 Å². The van der Waals surface area contributed by atoms with E-state index in [-0.39, 0.29) is 0 Å². The number of nitrogens with zero attached hydrogens (tertiary/aromatic N) is 2. The van der Waals surface area contributed by atoms with Gasteiger partial charge in [0, 0.05) is 11.9 Å². The van der Waals surface area contributed by atoms with Crippen molar-refractivity contribution in [2.75, 3.05) is 0 Å². The molecule has 0 saturated heterocycles. The number of imidazole rings is 1. The van der Waals surface area contributed by atoms with Crippen LogP contribution in [0.5, 0.6) is 0 Å². The summed E-state index contributed by atoms with van der Waals surface area (Å²) in [6.07, 6.45) is 1.78. The minimum Gasteiger partial charge on any atom is -0.308 e. The molecule has 0 fully saturated rings. The Kier molecular flexibility index (Phi) is 1.62. The van der Waals surface area contributed by atoms with Gasteiger partial charge in [0.1, 0.15) is 5.82 Å². The predicted octanol–water partition coefficient (Wildman–Crippen LogP) is 1.91. The van der Waals surface area contributed by atoms with Gasteiger partial charge in [-0.3, -0.25) is 0 Å². The molecule has 2 nitrogen and oxygen atoms in total. The SMILES string of the molecule is C=Cn1c(C)nc(C)c1C. The lowest BCUT2D eigenvalue weighted by molar-refractivity contribution is 0.997. The largest absolute Gasteiger partial charge is 0.308 e. The summed E-state index contributed by atoms with van der Waals surface area (Å²) in [5.74, 6) is 1.00. The fraction of sp³-hybridized carbons (Fsp3) is 0.375. The summed E-state index contributed by atoms with van der Waals surface area (Å²) < 4.78 is 1.98. The molecule has 0 spiro atoms. The standard InChI is InChI=1S/C8H12N2/c1-5-10-7(3)6(2)9-8(10)4/h5H,1H2,2-4H3. The maximum atomic E-state index is 4.27. The van der Waals surface area contributed by atoms with E-state index in [1.807, 2.05) is 25.3 Å². The highest BCUT2D eigenvalue weighted by Crippen LogP contribution is 2.08. The smallest absolute Gasteiger partial charge is 0.110 e. The molecule has 0 amide bonds. The van der Waals surface area contributed by atoms with Crippen LogP contribution in [0.4, 0.5) is 0 Å². The highest BCUT2D eigenvalue weighted by molar-refractivity contribution is 5.28. The van der Waals surface area contributed by atoms with Crippen molar-refractivity contribution in [1.29, 1.82) is 0 Å². The fourth-order valence-corrected chi connectivity index (χ4v) is 1.06. The fourth-order valence-electron chi connectivity index (χ4n) is 1.06. The van der Waals surface area contributed by atoms with Gasteiger partial charge in [-0.05, 0) is 20.8 Å². The van der Waals surface area contributed by atoms with Crippen LogP contribution in [-0.2, 0) is 0 Å². The summed E-state index contributed by atoms with van der Waals surface area (Å²) in [6.45, 7) is 9.70. The normalized spacial score (nSPS) is 9.90. The van der Waals surface area contributed by atoms with E-state index in [9.17, 15) is 0 Å². The summed E-state index contributed by atoms with van der Waals surface area (Å²) in [7, 11) is 0. The zero-order valence-electron chi connectivity index (χ0n) is 6.68. The zero-order valence-corrected chi connectivity index (χ0v) is 6.68. The Morgan fingerprint density at radius 3 is 2.20 bits per heavy atom. The van der Waals surface area contributed by atoms with Crippen LogP contribution in [0.15, 0.2) is 6.58 Å². The summed E-state index contributed by atoms with van der Waals surface area (Å²) in [6, 6.07) is 0. The third-order valence-corrected chi connectivity index (χ3v) is 1.75. The summed E-state index contributed by atoms with van der Waals surface area (Å²) in [5, 5.41) is 0. The minimum atomic E-state index is 1.00. The van der Waals surface area contributed by atoms with E-state index in [1.165, 1.54) is 5.69 Å². The van der Waals surface area contributed by atoms with E-state index >= 15 is 0 Å². The van der Waals surface area contributed by atoms with Gasteiger partial charge in [-0.2, -0.15) is 0 Å². The maximum Gasteiger partial charge on any atom is 0.110 e. The Morgan fingerprint density at radius 1 is 1.40 bits per heavy atom. The van der Waals surface area contributed by atoms with Crippen LogP contribution in [0.25, 0.3) is 6.20 Å². The Morgan fingerprint density at radius 2 is 2.00 bits per heavy atom. The van der Waals surface area contributed by atoms with Gasteiger partial charge in [-0.1, -0.05) is 6.58 Å². The van der Waals surface area contributed by atoms with Crippen molar-refractivity contribution in [3.63, 3.8) is 0 Å². The monoisotopic (exact) mass is 136 g/mol. The van der Waals surface area contributed by atoms with Crippen LogP contribution in [0.3, 0.4) is 0 Å². The molecule has 0 aromatic carbocycles. The number of aryl methyl sites for hydroxylation is 2. The topological polar surface area (TPSA) is 17.8 Å². The van der Waals surface area contributed by atoms with Crippen molar-refractivity contribution in [1.82, 2.24) is 9.55 Å². The highest BCUT2D eigenvalue weighted by Gasteiger charge is 2.02. The second kappa shape index (κ2) is 2.29. The molecule has 0 bridgehead atoms. The minimum absolute atomic E-state index is 1.00. The van der Waals surface area contributed by atoms with E-state index in [1.54, 1.807) is 6.20 Å². The van der Waals surface area contributed by atoms with Gasteiger partial charge >= 0.3 is 0 Å². The number of hydrogen-bond donors (Lipinski definition) is 0. The van der Waals surface area contributed by atoms with Crippen LogP contribution >= 0.6 is 0 Å². The van der Waals surface area contributed by atoms with Crippen LogP contribution in [0, 0.1) is 20.8 Å². The average molecular weight is 136 g/mol. The van der Waals surface area contributed by atoms with Gasteiger partial charge in [-0.15, -0.1) is 0 Å². The molecule has 0 radical (unpaired) electrons. The van der Waals surface area contributed by atoms with E-state index in [0.717, 1.165) is 11.5 Å². The lowest BCUT2D eigenvalue weighted by atomic mass is 10.4. The Hall–Kier alpha value is -1.05. The molecule has 2 heteroatoms. The van der Waals surface area contributed by atoms with Gasteiger partial charge < -0.3 is 4.57 Å². The molecule has 0 aliphatic heterocycles. The number of rotatable bonds is 1. The molecule has 0 atom stereocenters. The Labute approximate surface area is 61.2 Å². The molecule has 54 valence electrons. The van der Waals surface area contributed by atoms with Crippen molar-refractivity contribution in [2.45, 2.75) is 20.8 Å². The summed E-state index contributed by atoms with van der Waals surface area (Å²) >= 11 is 0. The van der Waals surface area contributed by atoms with Crippen molar-refractivity contribution >= 4 is 6.20 Å². The molecular weight excluding hydrogens is 124 g/mol. The maximum absolute atomic E-state index is 4.27. The van der Waals surface area contributed by atoms with Crippen LogP contribution in [0.2, 0.25) is 0 Å². The molecule has 0 aliphatic rings. The third-order valence-electron chi connectivity index (χ3n) is 1.75. The molecular formula is C8H12N2. The molecule has 1 aromatic rings. The van der Waals surface area contributed by atoms with Crippen molar-refractivity contribution in [2.24, 2.45) is 0 Å². The van der Waals surface area contributed by atoms with Crippen molar-refractivity contribution in [3.8, 4) is 0 Å². The lowest BCUT2D eigenvalue weighted by Gasteiger charge is -1.96. The first-order chi connectivity index (χ1) is 4.66. The molecule has 1 rings (SSSR count). The van der Waals surface area contributed by atoms with Gasteiger partial charge in [0.15, 0.2) is 0 Å². The first-order valence-corrected chi connectivity index (χ1v) is 3.31. The Bertz CT molecular complexity index is 258. The predicted molar refractivity (Wildman–Crippen MR) is 42.8 cm³/mol. The molecule has 0 aliphatic carbocycles. The molecule has 1 aromatic heterocycles. The van der Waals surface area contributed by atoms with Gasteiger partial charge in [-0.25, -0.2) is 4.98 Å². The number of aromatic nitrogens is 2. The second-order valence-electron chi connectivity index (χ2n) is 2.38. The quantitative estimate of drug-likeness (QED) is 0.576. The molecule has 0 N–H and O–H groups in total. The van der Waals surface area contributed by atoms with Gasteiger partial charge in [0.05, 0.1) is 5.69 Å². The van der Waals surface area contributed by atoms with E-state index in [0.29, 0.717) is 0 Å². The first kappa shape index (κ1) is 7.06.